The third-order valence-corrected chi connectivity index (χ3v) is 8.20. The lowest BCUT2D eigenvalue weighted by molar-refractivity contribution is -0.119. The highest BCUT2D eigenvalue weighted by atomic mass is 32.2. The Kier molecular flexibility index (Phi) is 5.52. The maximum atomic E-state index is 15.0. The highest BCUT2D eigenvalue weighted by Crippen LogP contribution is 2.49. The first-order valence-corrected chi connectivity index (χ1v) is 12.9. The summed E-state index contributed by atoms with van der Waals surface area (Å²) in [6, 6.07) is 5.85. The molecule has 0 aliphatic heterocycles. The molecular formula is C25H23F2N3O3S. The van der Waals surface area contributed by atoms with Crippen molar-refractivity contribution >= 4 is 27.6 Å². The minimum atomic E-state index is -4.05. The van der Waals surface area contributed by atoms with Crippen LogP contribution >= 0.6 is 0 Å². The summed E-state index contributed by atoms with van der Waals surface area (Å²) in [7, 11) is -4.05. The first kappa shape index (κ1) is 22.7. The van der Waals surface area contributed by atoms with Crippen LogP contribution in [0.25, 0.3) is 17.2 Å². The molecule has 0 radical (unpaired) electrons. The third-order valence-electron chi connectivity index (χ3n) is 6.69. The summed E-state index contributed by atoms with van der Waals surface area (Å²) in [5.41, 5.74) is 1.47. The Hall–Kier alpha value is -3.12. The van der Waals surface area contributed by atoms with Gasteiger partial charge in [-0.05, 0) is 60.4 Å². The van der Waals surface area contributed by atoms with Gasteiger partial charge >= 0.3 is 0 Å². The van der Waals surface area contributed by atoms with E-state index in [1.807, 2.05) is 22.9 Å². The minimum absolute atomic E-state index is 0.0850. The van der Waals surface area contributed by atoms with Crippen molar-refractivity contribution in [2.75, 3.05) is 10.5 Å². The van der Waals surface area contributed by atoms with Crippen LogP contribution < -0.4 is 4.72 Å². The lowest BCUT2D eigenvalue weighted by Gasteiger charge is -2.16. The van der Waals surface area contributed by atoms with Crippen LogP contribution in [0, 0.1) is 34.3 Å². The number of ketones is 1. The van der Waals surface area contributed by atoms with Gasteiger partial charge < -0.3 is 0 Å². The number of hydrogen-bond acceptors (Lipinski definition) is 5. The monoisotopic (exact) mass is 483 g/mol. The zero-order valence-corrected chi connectivity index (χ0v) is 19.2. The molecule has 1 N–H and O–H groups in total. The number of nitrogens with zero attached hydrogens (tertiary/aromatic N) is 2. The van der Waals surface area contributed by atoms with Crippen LogP contribution in [0.3, 0.4) is 0 Å². The van der Waals surface area contributed by atoms with Crippen LogP contribution in [0.15, 0.2) is 24.3 Å². The van der Waals surface area contributed by atoms with Gasteiger partial charge in [-0.15, -0.1) is 0 Å². The lowest BCUT2D eigenvalue weighted by Crippen LogP contribution is -2.24. The standard InChI is InChI=1S/C25H23F2N3O3S/c26-20-10-16(11-21(27)24(20)30-34(32,33)14-25(6-7-25)8-9-28)19-12-17(13-23(31)15-4-5-15)29-22-3-1-2-18(19)22/h1-2,10-12,15,30H,3-8,13-14H2. The fourth-order valence-electron chi connectivity index (χ4n) is 4.49. The molecule has 1 aromatic carbocycles. The van der Waals surface area contributed by atoms with Crippen LogP contribution in [0.4, 0.5) is 14.5 Å². The molecule has 3 aliphatic carbocycles. The van der Waals surface area contributed by atoms with Gasteiger partial charge in [0.1, 0.15) is 11.5 Å². The van der Waals surface area contributed by atoms with Gasteiger partial charge in [0.05, 0.1) is 17.5 Å². The molecule has 176 valence electrons. The van der Waals surface area contributed by atoms with Gasteiger partial charge in [-0.25, -0.2) is 17.2 Å². The first-order chi connectivity index (χ1) is 16.2. The molecule has 2 aromatic rings. The number of hydrogen-bond donors (Lipinski definition) is 1. The summed E-state index contributed by atoms with van der Waals surface area (Å²) in [6.07, 6.45) is 7.55. The predicted octanol–water partition coefficient (Wildman–Crippen LogP) is 4.55. The number of aromatic nitrogens is 1. The number of pyridine rings is 1. The largest absolute Gasteiger partial charge is 0.299 e. The molecule has 1 heterocycles. The molecule has 0 spiro atoms. The van der Waals surface area contributed by atoms with Gasteiger partial charge in [0.25, 0.3) is 0 Å². The van der Waals surface area contributed by atoms with Gasteiger partial charge in [-0.3, -0.25) is 14.5 Å². The fraction of sp³-hybridized carbons (Fsp3) is 0.400. The molecule has 1 aromatic heterocycles. The topological polar surface area (TPSA) is 99.9 Å². The number of nitriles is 1. The predicted molar refractivity (Wildman–Crippen MR) is 123 cm³/mol. The molecule has 0 unspecified atom stereocenters. The van der Waals surface area contributed by atoms with Crippen molar-refractivity contribution in [2.45, 2.75) is 44.9 Å². The van der Waals surface area contributed by atoms with E-state index in [0.717, 1.165) is 36.2 Å². The first-order valence-electron chi connectivity index (χ1n) is 11.3. The van der Waals surface area contributed by atoms with E-state index >= 15 is 0 Å². The average Bonchev–Trinajstić information content (AvgIpc) is 3.69. The van der Waals surface area contributed by atoms with E-state index in [-0.39, 0.29) is 35.9 Å². The van der Waals surface area contributed by atoms with Crippen molar-refractivity contribution in [3.8, 4) is 17.2 Å². The maximum Gasteiger partial charge on any atom is 0.233 e. The van der Waals surface area contributed by atoms with E-state index in [0.29, 0.717) is 30.5 Å². The number of carbonyl (C=O) groups excluding carboxylic acids is 1. The summed E-state index contributed by atoms with van der Waals surface area (Å²) < 4.78 is 57.1. The Labute approximate surface area is 196 Å². The number of nitrogens with one attached hydrogen (secondary N) is 1. The fourth-order valence-corrected chi connectivity index (χ4v) is 6.27. The summed E-state index contributed by atoms with van der Waals surface area (Å²) in [5, 5.41) is 8.91. The molecule has 2 saturated carbocycles. The number of halogens is 2. The summed E-state index contributed by atoms with van der Waals surface area (Å²) in [4.78, 5) is 16.9. The molecule has 34 heavy (non-hydrogen) atoms. The smallest absolute Gasteiger partial charge is 0.233 e. The molecule has 0 bridgehead atoms. The highest BCUT2D eigenvalue weighted by Gasteiger charge is 2.46. The highest BCUT2D eigenvalue weighted by molar-refractivity contribution is 7.92. The van der Waals surface area contributed by atoms with Crippen molar-refractivity contribution in [3.05, 3.63) is 52.9 Å². The zero-order valence-electron chi connectivity index (χ0n) is 18.4. The number of carbonyl (C=O) groups is 1. The zero-order chi connectivity index (χ0) is 24.1. The van der Waals surface area contributed by atoms with E-state index in [4.69, 9.17) is 5.26 Å². The van der Waals surface area contributed by atoms with Crippen LogP contribution in [0.2, 0.25) is 0 Å². The molecule has 0 amide bonds. The Balaban J connectivity index is 1.44. The number of benzene rings is 1. The molecule has 0 atom stereocenters. The summed E-state index contributed by atoms with van der Waals surface area (Å²) >= 11 is 0. The maximum absolute atomic E-state index is 15.0. The van der Waals surface area contributed by atoms with Gasteiger partial charge in [0, 0.05) is 36.4 Å². The summed E-state index contributed by atoms with van der Waals surface area (Å²) in [5.74, 6) is -2.22. The molecular weight excluding hydrogens is 460 g/mol. The van der Waals surface area contributed by atoms with E-state index in [2.05, 4.69) is 4.98 Å². The van der Waals surface area contributed by atoms with Crippen molar-refractivity contribution in [3.63, 3.8) is 0 Å². The number of allylic oxidation sites excluding steroid dienone is 1. The quantitative estimate of drug-likeness (QED) is 0.564. The Morgan fingerprint density at radius 2 is 1.91 bits per heavy atom. The lowest BCUT2D eigenvalue weighted by atomic mass is 9.97. The van der Waals surface area contributed by atoms with Gasteiger partial charge in [0.2, 0.25) is 10.0 Å². The third kappa shape index (κ3) is 4.60. The van der Waals surface area contributed by atoms with Gasteiger partial charge in [-0.1, -0.05) is 12.2 Å². The number of sulfonamides is 1. The van der Waals surface area contributed by atoms with Crippen molar-refractivity contribution < 1.29 is 22.0 Å². The Morgan fingerprint density at radius 3 is 2.53 bits per heavy atom. The molecule has 6 nitrogen and oxygen atoms in total. The molecule has 5 rings (SSSR count). The number of rotatable bonds is 9. The molecule has 2 fully saturated rings. The number of anilines is 1. The molecule has 9 heteroatoms. The van der Waals surface area contributed by atoms with E-state index < -0.39 is 32.8 Å². The van der Waals surface area contributed by atoms with Crippen molar-refractivity contribution in [1.29, 1.82) is 5.26 Å². The van der Waals surface area contributed by atoms with Gasteiger partial charge in [-0.2, -0.15) is 5.26 Å². The average molecular weight is 484 g/mol. The number of fused-ring (bicyclic) bond motifs is 1. The minimum Gasteiger partial charge on any atom is -0.299 e. The molecule has 0 saturated heterocycles. The SMILES string of the molecule is N#CCC1(CS(=O)(=O)Nc2c(F)cc(-c3cc(CC(=O)C4CC4)nc4c3C=CC4)cc2F)CC1. The second-order valence-electron chi connectivity index (χ2n) is 9.56. The Morgan fingerprint density at radius 1 is 1.21 bits per heavy atom. The Bertz CT molecular complexity index is 1350. The van der Waals surface area contributed by atoms with Crippen molar-refractivity contribution in [1.82, 2.24) is 4.98 Å². The molecule has 3 aliphatic rings. The normalized spacial score (nSPS) is 17.8. The van der Waals surface area contributed by atoms with Crippen molar-refractivity contribution in [2.24, 2.45) is 11.3 Å². The van der Waals surface area contributed by atoms with Crippen LogP contribution in [0.5, 0.6) is 0 Å². The van der Waals surface area contributed by atoms with Gasteiger partial charge in [0.15, 0.2) is 11.6 Å². The van der Waals surface area contributed by atoms with E-state index in [1.54, 1.807) is 6.07 Å². The second-order valence-corrected chi connectivity index (χ2v) is 11.3. The van der Waals surface area contributed by atoms with E-state index in [1.165, 1.54) is 0 Å². The van der Waals surface area contributed by atoms with Crippen LogP contribution in [-0.2, 0) is 27.7 Å². The second kappa shape index (κ2) is 8.27. The van der Waals surface area contributed by atoms with Crippen LogP contribution in [0.1, 0.15) is 49.1 Å². The van der Waals surface area contributed by atoms with Crippen LogP contribution in [-0.4, -0.2) is 24.9 Å². The summed E-state index contributed by atoms with van der Waals surface area (Å²) in [6.45, 7) is 0. The van der Waals surface area contributed by atoms with E-state index in [9.17, 15) is 22.0 Å². The number of Topliss-reactive ketones (excluding diaryl/α,β-unsaturated/α-hetero) is 1.